The second-order valence-corrected chi connectivity index (χ2v) is 9.18. The van der Waals surface area contributed by atoms with Gasteiger partial charge in [-0.15, -0.1) is 0 Å². The highest BCUT2D eigenvalue weighted by Crippen LogP contribution is 2.35. The fourth-order valence-corrected chi connectivity index (χ4v) is 5.40. The Hall–Kier alpha value is -2.88. The van der Waals surface area contributed by atoms with Gasteiger partial charge in [0.15, 0.2) is 0 Å². The molecule has 0 saturated carbocycles. The maximum Gasteiger partial charge on any atom is 0.416 e. The van der Waals surface area contributed by atoms with Crippen molar-refractivity contribution >= 4 is 12.2 Å². The molecule has 3 aromatic rings. The minimum absolute atomic E-state index is 0.0608. The highest BCUT2D eigenvalue weighted by molar-refractivity contribution is 5.52. The van der Waals surface area contributed by atoms with Crippen molar-refractivity contribution in [3.63, 3.8) is 0 Å². The van der Waals surface area contributed by atoms with E-state index in [4.69, 9.17) is 0 Å². The van der Waals surface area contributed by atoms with Gasteiger partial charge in [0.25, 0.3) is 0 Å². The zero-order valence-corrected chi connectivity index (χ0v) is 18.8. The number of hydrogen-bond acceptors (Lipinski definition) is 1. The summed E-state index contributed by atoms with van der Waals surface area (Å²) in [4.78, 5) is 3.98. The number of pyridine rings is 1. The van der Waals surface area contributed by atoms with Crippen LogP contribution in [0.5, 0.6) is 0 Å². The highest BCUT2D eigenvalue weighted by Gasteiger charge is 2.33. The van der Waals surface area contributed by atoms with Crippen LogP contribution in [0.25, 0.3) is 12.2 Å². The maximum absolute atomic E-state index is 13.5. The monoisotopic (exact) mass is 446 g/mol. The smallest absolute Gasteiger partial charge is 0.264 e. The van der Waals surface area contributed by atoms with Crippen molar-refractivity contribution in [2.24, 2.45) is 5.92 Å². The van der Waals surface area contributed by atoms with E-state index >= 15 is 0 Å². The van der Waals surface area contributed by atoms with Gasteiger partial charge in [0, 0.05) is 18.3 Å². The van der Waals surface area contributed by atoms with Crippen LogP contribution in [-0.4, -0.2) is 4.98 Å². The summed E-state index contributed by atoms with van der Waals surface area (Å²) >= 11 is 0. The van der Waals surface area contributed by atoms with E-state index in [1.807, 2.05) is 0 Å². The van der Waals surface area contributed by atoms with Gasteiger partial charge in [-0.3, -0.25) is 4.98 Å². The SMILES string of the molecule is [CH2]C1C=c2ccc3c(c2CC1)C(CCc1cnccc1C(F)(F)F)C=c1cc(CC)ccc1=3. The number of aryl methyl sites for hydroxylation is 2. The molecule has 33 heavy (non-hydrogen) atoms. The predicted molar refractivity (Wildman–Crippen MR) is 126 cm³/mol. The highest BCUT2D eigenvalue weighted by atomic mass is 19.4. The van der Waals surface area contributed by atoms with E-state index in [0.29, 0.717) is 18.8 Å². The van der Waals surface area contributed by atoms with Gasteiger partial charge in [-0.1, -0.05) is 49.4 Å². The van der Waals surface area contributed by atoms with Crippen molar-refractivity contribution in [3.8, 4) is 0 Å². The van der Waals surface area contributed by atoms with Crippen LogP contribution in [0.1, 0.15) is 53.5 Å². The lowest BCUT2D eigenvalue weighted by atomic mass is 9.79. The van der Waals surface area contributed by atoms with Gasteiger partial charge >= 0.3 is 6.18 Å². The standard InChI is InChI=1S/C29H27F3N/c1-3-19-5-10-24-23(15-19)16-21(6-7-22-17-33-13-12-27(22)29(30,31)32)28-25-9-4-18(2)14-20(25)8-11-26(24)28/h5,8,10-18,21H,2-4,6-7,9H2,1H3. The normalized spacial score (nSPS) is 19.1. The van der Waals surface area contributed by atoms with Crippen LogP contribution in [-0.2, 0) is 25.4 Å². The largest absolute Gasteiger partial charge is 0.416 e. The molecule has 4 heteroatoms. The zero-order valence-electron chi connectivity index (χ0n) is 18.8. The Balaban J connectivity index is 1.65. The molecule has 1 nitrogen and oxygen atoms in total. The molecule has 1 radical (unpaired) electrons. The lowest BCUT2D eigenvalue weighted by Crippen LogP contribution is -2.24. The molecule has 1 aromatic heterocycles. The molecule has 2 aliphatic carbocycles. The molecule has 0 amide bonds. The molecule has 0 N–H and O–H groups in total. The Morgan fingerprint density at radius 1 is 1.03 bits per heavy atom. The van der Waals surface area contributed by atoms with Gasteiger partial charge in [-0.05, 0) is 94.1 Å². The Morgan fingerprint density at radius 2 is 1.85 bits per heavy atom. The minimum Gasteiger partial charge on any atom is -0.264 e. The number of nitrogens with zero attached hydrogens (tertiary/aromatic N) is 1. The number of hydrogen-bond donors (Lipinski definition) is 0. The van der Waals surface area contributed by atoms with E-state index < -0.39 is 11.7 Å². The number of rotatable bonds is 4. The van der Waals surface area contributed by atoms with Crippen LogP contribution in [0.3, 0.4) is 0 Å². The van der Waals surface area contributed by atoms with Gasteiger partial charge < -0.3 is 0 Å². The van der Waals surface area contributed by atoms with Gasteiger partial charge in [0.05, 0.1) is 5.56 Å². The molecule has 0 aliphatic heterocycles. The second-order valence-electron chi connectivity index (χ2n) is 9.18. The lowest BCUT2D eigenvalue weighted by molar-refractivity contribution is -0.138. The van der Waals surface area contributed by atoms with E-state index in [9.17, 15) is 13.2 Å². The molecule has 2 aliphatic rings. The van der Waals surface area contributed by atoms with Crippen LogP contribution < -0.4 is 10.4 Å². The number of benzene rings is 2. The summed E-state index contributed by atoms with van der Waals surface area (Å²) in [5.74, 6) is 0.358. The summed E-state index contributed by atoms with van der Waals surface area (Å²) in [6.45, 7) is 6.35. The summed E-state index contributed by atoms with van der Waals surface area (Å²) in [6.07, 6.45) is 6.58. The predicted octanol–water partition coefficient (Wildman–Crippen LogP) is 5.64. The molecule has 1 heterocycles. The number of fused-ring (bicyclic) bond motifs is 4. The van der Waals surface area contributed by atoms with Gasteiger partial charge in [-0.25, -0.2) is 0 Å². The summed E-state index contributed by atoms with van der Waals surface area (Å²) in [7, 11) is 0. The van der Waals surface area contributed by atoms with Crippen molar-refractivity contribution in [1.29, 1.82) is 0 Å². The minimum atomic E-state index is -4.37. The van der Waals surface area contributed by atoms with Crippen molar-refractivity contribution in [1.82, 2.24) is 4.98 Å². The maximum atomic E-state index is 13.5. The molecule has 0 saturated heterocycles. The fourth-order valence-electron chi connectivity index (χ4n) is 5.40. The average Bonchev–Trinajstić information content (AvgIpc) is 2.81. The van der Waals surface area contributed by atoms with E-state index in [-0.39, 0.29) is 11.5 Å². The first kappa shape index (κ1) is 21.9. The van der Waals surface area contributed by atoms with Crippen LogP contribution >= 0.6 is 0 Å². The molecule has 0 spiro atoms. The molecule has 2 unspecified atom stereocenters. The van der Waals surface area contributed by atoms with Crippen molar-refractivity contribution in [2.45, 2.75) is 51.1 Å². The summed E-state index contributed by atoms with van der Waals surface area (Å²) in [5.41, 5.74) is 3.57. The molecule has 0 bridgehead atoms. The lowest BCUT2D eigenvalue weighted by Gasteiger charge is -2.25. The summed E-state index contributed by atoms with van der Waals surface area (Å²) < 4.78 is 40.6. The van der Waals surface area contributed by atoms with Crippen molar-refractivity contribution in [2.75, 3.05) is 0 Å². The number of halogens is 3. The fraction of sp³-hybridized carbons (Fsp3) is 0.310. The van der Waals surface area contributed by atoms with Crippen molar-refractivity contribution < 1.29 is 13.2 Å². The summed E-state index contributed by atoms with van der Waals surface area (Å²) in [5, 5.41) is 4.85. The van der Waals surface area contributed by atoms with Gasteiger partial charge in [0.2, 0.25) is 0 Å². The molecule has 169 valence electrons. The number of alkyl halides is 3. The molecular formula is C29H27F3N. The van der Waals surface area contributed by atoms with Gasteiger partial charge in [0.1, 0.15) is 0 Å². The third-order valence-electron chi connectivity index (χ3n) is 7.07. The van der Waals surface area contributed by atoms with Crippen LogP contribution in [0.2, 0.25) is 0 Å². The molecule has 2 atom stereocenters. The quantitative estimate of drug-likeness (QED) is 0.506. The third kappa shape index (κ3) is 4.12. The molecular weight excluding hydrogens is 419 g/mol. The Kier molecular flexibility index (Phi) is 5.64. The number of aromatic nitrogens is 1. The second kappa shape index (κ2) is 8.48. The van der Waals surface area contributed by atoms with E-state index in [1.165, 1.54) is 50.0 Å². The molecule has 2 aromatic carbocycles. The molecule has 5 rings (SSSR count). The van der Waals surface area contributed by atoms with Crippen LogP contribution in [0.15, 0.2) is 48.8 Å². The van der Waals surface area contributed by atoms with Crippen LogP contribution in [0, 0.1) is 23.3 Å². The van der Waals surface area contributed by atoms with Crippen molar-refractivity contribution in [3.05, 3.63) is 104 Å². The average molecular weight is 447 g/mol. The van der Waals surface area contributed by atoms with E-state index in [0.717, 1.165) is 25.3 Å². The summed E-state index contributed by atoms with van der Waals surface area (Å²) in [6, 6.07) is 12.1. The Bertz CT molecular complexity index is 1420. The van der Waals surface area contributed by atoms with Gasteiger partial charge in [-0.2, -0.15) is 13.2 Å². The topological polar surface area (TPSA) is 12.9 Å². The first-order valence-electron chi connectivity index (χ1n) is 11.7. The zero-order chi connectivity index (χ0) is 23.2. The first-order chi connectivity index (χ1) is 15.8. The molecule has 0 fully saturated rings. The van der Waals surface area contributed by atoms with E-state index in [1.54, 1.807) is 0 Å². The van der Waals surface area contributed by atoms with Crippen LogP contribution in [0.4, 0.5) is 13.2 Å². The first-order valence-corrected chi connectivity index (χ1v) is 11.7. The Morgan fingerprint density at radius 3 is 2.64 bits per heavy atom. The third-order valence-corrected chi connectivity index (χ3v) is 7.07. The Labute approximate surface area is 192 Å². The van der Waals surface area contributed by atoms with E-state index in [2.05, 4.69) is 61.3 Å².